The highest BCUT2D eigenvalue weighted by Crippen LogP contribution is 2.29. The summed E-state index contributed by atoms with van der Waals surface area (Å²) in [6, 6.07) is 3.73. The lowest BCUT2D eigenvalue weighted by Gasteiger charge is -2.07. The zero-order valence-electron chi connectivity index (χ0n) is 8.82. The number of aliphatic carboxylic acids is 1. The minimum absolute atomic E-state index is 0.121. The average molecular weight is 258 g/mol. The smallest absolute Gasteiger partial charge is 0.416 e. The Kier molecular flexibility index (Phi) is 4.09. The van der Waals surface area contributed by atoms with Crippen LogP contribution in [0.4, 0.5) is 18.9 Å². The van der Waals surface area contributed by atoms with Crippen LogP contribution in [0.2, 0.25) is 0 Å². The lowest BCUT2D eigenvalue weighted by atomic mass is 10.2. The number of carboxylic acid groups (broad SMARTS) is 1. The molecule has 0 aliphatic rings. The molecule has 1 aromatic rings. The molecule has 7 heteroatoms. The van der Waals surface area contributed by atoms with Gasteiger partial charge in [0, 0.05) is 11.8 Å². The molecule has 0 atom stereocenters. The van der Waals surface area contributed by atoms with Crippen LogP contribution >= 0.6 is 0 Å². The number of rotatable bonds is 3. The third-order valence-electron chi connectivity index (χ3n) is 1.85. The molecule has 0 unspecified atom stereocenters. The van der Waals surface area contributed by atoms with Gasteiger partial charge in [-0.1, -0.05) is 0 Å². The van der Waals surface area contributed by atoms with Gasteiger partial charge in [0.05, 0.1) is 11.5 Å². The summed E-state index contributed by atoms with van der Waals surface area (Å²) < 4.78 is 36.7. The van der Waals surface area contributed by atoms with Gasteiger partial charge in [0.2, 0.25) is 5.91 Å². The van der Waals surface area contributed by atoms with Gasteiger partial charge in [0.1, 0.15) is 0 Å². The number of benzene rings is 1. The topological polar surface area (TPSA) is 69.2 Å². The maximum Gasteiger partial charge on any atom is 0.416 e. The highest BCUT2D eigenvalue weighted by Gasteiger charge is 2.29. The first-order valence-corrected chi connectivity index (χ1v) is 4.66. The molecule has 0 aliphatic heterocycles. The van der Waals surface area contributed by atoms with Gasteiger partial charge >= 0.3 is 6.18 Å². The first kappa shape index (κ1) is 13.8. The van der Waals surface area contributed by atoms with E-state index in [1.165, 1.54) is 0 Å². The van der Waals surface area contributed by atoms with Crippen LogP contribution in [-0.4, -0.2) is 11.9 Å². The number of nitrogens with one attached hydrogen (secondary N) is 1. The van der Waals surface area contributed by atoms with Gasteiger partial charge in [-0.2, -0.15) is 13.2 Å². The van der Waals surface area contributed by atoms with Crippen LogP contribution in [0, 0.1) is 0 Å². The molecule has 1 rings (SSSR count). The highest BCUT2D eigenvalue weighted by atomic mass is 19.4. The highest BCUT2D eigenvalue weighted by molar-refractivity contribution is 6.02. The maximum absolute atomic E-state index is 12.2. The van der Waals surface area contributed by atoms with Gasteiger partial charge in [-0.05, 0) is 30.3 Å². The molecule has 0 fully saturated rings. The molecule has 0 aromatic heterocycles. The molecule has 0 saturated heterocycles. The normalized spacial score (nSPS) is 11.5. The van der Waals surface area contributed by atoms with Crippen LogP contribution in [0.15, 0.2) is 36.4 Å². The number of carboxylic acids is 1. The SMILES string of the molecule is O=C([O-])/C=C\C(=O)Nc1ccc(C(F)(F)F)cc1. The number of amides is 1. The van der Waals surface area contributed by atoms with E-state index in [0.717, 1.165) is 24.3 Å². The molecule has 4 nitrogen and oxygen atoms in total. The van der Waals surface area contributed by atoms with Gasteiger partial charge in [-0.25, -0.2) is 0 Å². The number of anilines is 1. The quantitative estimate of drug-likeness (QED) is 0.820. The standard InChI is InChI=1S/C11H8F3NO3/c12-11(13,14)7-1-3-8(4-2-7)15-9(16)5-6-10(17)18/h1-6H,(H,15,16)(H,17,18)/p-1/b6-5-. The van der Waals surface area contributed by atoms with E-state index in [4.69, 9.17) is 0 Å². The van der Waals surface area contributed by atoms with E-state index in [2.05, 4.69) is 5.32 Å². The number of halogens is 3. The molecule has 0 spiro atoms. The molecule has 0 saturated carbocycles. The molecule has 1 N–H and O–H groups in total. The first-order chi connectivity index (χ1) is 8.29. The Morgan fingerprint density at radius 1 is 1.11 bits per heavy atom. The number of carbonyl (C=O) groups is 2. The Balaban J connectivity index is 2.70. The van der Waals surface area contributed by atoms with Gasteiger partial charge in [-0.3, -0.25) is 4.79 Å². The van der Waals surface area contributed by atoms with Crippen molar-refractivity contribution in [3.63, 3.8) is 0 Å². The zero-order chi connectivity index (χ0) is 13.8. The molecule has 0 bridgehead atoms. The van der Waals surface area contributed by atoms with Crippen molar-refractivity contribution in [3.8, 4) is 0 Å². The van der Waals surface area contributed by atoms with Crippen LogP contribution < -0.4 is 10.4 Å². The molecular weight excluding hydrogens is 251 g/mol. The van der Waals surface area contributed by atoms with E-state index in [-0.39, 0.29) is 5.69 Å². The molecule has 1 amide bonds. The van der Waals surface area contributed by atoms with Crippen LogP contribution in [0.25, 0.3) is 0 Å². The van der Waals surface area contributed by atoms with E-state index < -0.39 is 23.6 Å². The Labute approximate surface area is 99.7 Å². The molecule has 96 valence electrons. The number of carbonyl (C=O) groups excluding carboxylic acids is 2. The zero-order valence-corrected chi connectivity index (χ0v) is 8.82. The van der Waals surface area contributed by atoms with Crippen molar-refractivity contribution in [2.75, 3.05) is 5.32 Å². The second kappa shape index (κ2) is 5.35. The second-order valence-corrected chi connectivity index (χ2v) is 3.22. The third-order valence-corrected chi connectivity index (χ3v) is 1.85. The average Bonchev–Trinajstić information content (AvgIpc) is 2.26. The molecule has 0 aliphatic carbocycles. The summed E-state index contributed by atoms with van der Waals surface area (Å²) >= 11 is 0. The van der Waals surface area contributed by atoms with E-state index >= 15 is 0 Å². The Morgan fingerprint density at radius 3 is 2.11 bits per heavy atom. The van der Waals surface area contributed by atoms with Crippen molar-refractivity contribution in [2.24, 2.45) is 0 Å². The van der Waals surface area contributed by atoms with Gasteiger partial charge in [-0.15, -0.1) is 0 Å². The summed E-state index contributed by atoms with van der Waals surface area (Å²) in [6.07, 6.45) is -3.23. The Morgan fingerprint density at radius 2 is 1.67 bits per heavy atom. The number of hydrogen-bond acceptors (Lipinski definition) is 3. The summed E-state index contributed by atoms with van der Waals surface area (Å²) in [6.45, 7) is 0. The van der Waals surface area contributed by atoms with Crippen molar-refractivity contribution in [2.45, 2.75) is 6.18 Å². The third kappa shape index (κ3) is 4.28. The summed E-state index contributed by atoms with van der Waals surface area (Å²) in [5.41, 5.74) is -0.721. The predicted octanol–water partition coefficient (Wildman–Crippen LogP) is 0.950. The van der Waals surface area contributed by atoms with E-state index in [1.807, 2.05) is 0 Å². The fourth-order valence-corrected chi connectivity index (χ4v) is 1.07. The monoisotopic (exact) mass is 258 g/mol. The van der Waals surface area contributed by atoms with Crippen molar-refractivity contribution in [3.05, 3.63) is 42.0 Å². The van der Waals surface area contributed by atoms with Crippen molar-refractivity contribution >= 4 is 17.6 Å². The fourth-order valence-electron chi connectivity index (χ4n) is 1.07. The van der Waals surface area contributed by atoms with Crippen LogP contribution in [0.5, 0.6) is 0 Å². The largest absolute Gasteiger partial charge is 0.545 e. The summed E-state index contributed by atoms with van der Waals surface area (Å²) in [5.74, 6) is -2.32. The fraction of sp³-hybridized carbons (Fsp3) is 0.0909. The van der Waals surface area contributed by atoms with Crippen molar-refractivity contribution in [1.29, 1.82) is 0 Å². The molecule has 0 radical (unpaired) electrons. The molecule has 18 heavy (non-hydrogen) atoms. The van der Waals surface area contributed by atoms with E-state index in [9.17, 15) is 27.9 Å². The Bertz CT molecular complexity index is 477. The minimum Gasteiger partial charge on any atom is -0.545 e. The van der Waals surface area contributed by atoms with Gasteiger partial charge in [0.15, 0.2) is 0 Å². The van der Waals surface area contributed by atoms with Crippen LogP contribution in [0.3, 0.4) is 0 Å². The Hall–Kier alpha value is -2.31. The maximum atomic E-state index is 12.2. The van der Waals surface area contributed by atoms with Gasteiger partial charge < -0.3 is 15.2 Å². The predicted molar refractivity (Wildman–Crippen MR) is 54.2 cm³/mol. The summed E-state index contributed by atoms with van der Waals surface area (Å²) in [5, 5.41) is 12.2. The lowest BCUT2D eigenvalue weighted by molar-refractivity contribution is -0.297. The van der Waals surface area contributed by atoms with E-state index in [0.29, 0.717) is 12.2 Å². The first-order valence-electron chi connectivity index (χ1n) is 4.66. The van der Waals surface area contributed by atoms with Crippen molar-refractivity contribution < 1.29 is 27.9 Å². The molecule has 0 heterocycles. The van der Waals surface area contributed by atoms with Crippen LogP contribution in [-0.2, 0) is 15.8 Å². The molecule has 1 aromatic carbocycles. The number of hydrogen-bond donors (Lipinski definition) is 1. The van der Waals surface area contributed by atoms with Crippen LogP contribution in [0.1, 0.15) is 5.56 Å². The number of alkyl halides is 3. The lowest BCUT2D eigenvalue weighted by Crippen LogP contribution is -2.20. The summed E-state index contributed by atoms with van der Waals surface area (Å²) in [4.78, 5) is 21.1. The van der Waals surface area contributed by atoms with E-state index in [1.54, 1.807) is 0 Å². The minimum atomic E-state index is -4.45. The second-order valence-electron chi connectivity index (χ2n) is 3.22. The molecular formula is C11H7F3NO3-. The summed E-state index contributed by atoms with van der Waals surface area (Å²) in [7, 11) is 0. The van der Waals surface area contributed by atoms with Crippen molar-refractivity contribution in [1.82, 2.24) is 0 Å². The van der Waals surface area contributed by atoms with Gasteiger partial charge in [0.25, 0.3) is 0 Å².